The molecule has 0 saturated carbocycles. The number of nitrogens with zero attached hydrogens (tertiary/aromatic N) is 1. The standard InChI is InChI=1S/C46H33N/c1-31-27-39-38-19-8-9-20-40(38)46(36-16-6-3-7-17-36)42-22-11-10-21-41(42)45(43(28-31)44(39)46,35-14-4-2-5-15-35)37-18-12-13-34(29-37)33-25-23-32(30-47)24-26-33/h2-27,29,31H,28H2,1H3. The highest BCUT2D eigenvalue weighted by Crippen LogP contribution is 2.68. The fourth-order valence-corrected chi connectivity index (χ4v) is 9.09. The second kappa shape index (κ2) is 10.4. The van der Waals surface area contributed by atoms with Gasteiger partial charge in [0.05, 0.1) is 22.5 Å². The maximum absolute atomic E-state index is 9.45. The van der Waals surface area contributed by atoms with Gasteiger partial charge in [-0.15, -0.1) is 0 Å². The fourth-order valence-electron chi connectivity index (χ4n) is 9.09. The first-order valence-corrected chi connectivity index (χ1v) is 16.6. The molecule has 3 unspecified atom stereocenters. The van der Waals surface area contributed by atoms with Crippen molar-refractivity contribution in [2.75, 3.05) is 0 Å². The van der Waals surface area contributed by atoms with Gasteiger partial charge in [-0.1, -0.05) is 153 Å². The van der Waals surface area contributed by atoms with E-state index in [2.05, 4.69) is 165 Å². The third kappa shape index (κ3) is 3.70. The van der Waals surface area contributed by atoms with Crippen LogP contribution >= 0.6 is 0 Å². The zero-order valence-corrected chi connectivity index (χ0v) is 26.3. The van der Waals surface area contributed by atoms with Crippen molar-refractivity contribution in [1.82, 2.24) is 0 Å². The van der Waals surface area contributed by atoms with Gasteiger partial charge in [0.25, 0.3) is 0 Å². The molecule has 222 valence electrons. The maximum Gasteiger partial charge on any atom is 0.0991 e. The Morgan fingerprint density at radius 3 is 1.81 bits per heavy atom. The summed E-state index contributed by atoms with van der Waals surface area (Å²) in [4.78, 5) is 0. The summed E-state index contributed by atoms with van der Waals surface area (Å²) in [5, 5.41) is 9.45. The summed E-state index contributed by atoms with van der Waals surface area (Å²) in [7, 11) is 0. The van der Waals surface area contributed by atoms with Crippen molar-refractivity contribution in [2.24, 2.45) is 5.92 Å². The van der Waals surface area contributed by atoms with Crippen LogP contribution in [0, 0.1) is 17.2 Å². The molecule has 0 bridgehead atoms. The molecule has 0 amide bonds. The lowest BCUT2D eigenvalue weighted by molar-refractivity contribution is 0.551. The molecule has 0 aliphatic heterocycles. The molecule has 0 saturated heterocycles. The molecule has 1 heteroatoms. The molecule has 6 aromatic rings. The smallest absolute Gasteiger partial charge is 0.0991 e. The average molecular weight is 600 g/mol. The first kappa shape index (κ1) is 27.6. The molecule has 3 atom stereocenters. The first-order chi connectivity index (χ1) is 23.2. The summed E-state index contributed by atoms with van der Waals surface area (Å²) in [6.45, 7) is 2.38. The van der Waals surface area contributed by atoms with Crippen LogP contribution in [-0.2, 0) is 10.8 Å². The second-order valence-corrected chi connectivity index (χ2v) is 13.2. The molecule has 3 aliphatic rings. The van der Waals surface area contributed by atoms with Crippen LogP contribution < -0.4 is 0 Å². The predicted molar refractivity (Wildman–Crippen MR) is 191 cm³/mol. The van der Waals surface area contributed by atoms with Gasteiger partial charge in [-0.2, -0.15) is 5.26 Å². The van der Waals surface area contributed by atoms with E-state index in [0.717, 1.165) is 17.5 Å². The van der Waals surface area contributed by atoms with Crippen LogP contribution in [0.3, 0.4) is 0 Å². The Kier molecular flexibility index (Phi) is 6.11. The van der Waals surface area contributed by atoms with Crippen LogP contribution in [0.15, 0.2) is 175 Å². The number of nitriles is 1. The number of hydrogen-bond donors (Lipinski definition) is 0. The van der Waals surface area contributed by atoms with Crippen molar-refractivity contribution in [3.8, 4) is 17.2 Å². The predicted octanol–water partition coefficient (Wildman–Crippen LogP) is 10.6. The quantitative estimate of drug-likeness (QED) is 0.198. The second-order valence-electron chi connectivity index (χ2n) is 13.2. The van der Waals surface area contributed by atoms with Crippen molar-refractivity contribution in [3.05, 3.63) is 219 Å². The molecule has 0 N–H and O–H groups in total. The first-order valence-electron chi connectivity index (χ1n) is 16.6. The molecule has 0 aromatic heterocycles. The largest absolute Gasteiger partial charge is 0.192 e. The molecule has 1 nitrogen and oxygen atoms in total. The van der Waals surface area contributed by atoms with Gasteiger partial charge in [0, 0.05) is 0 Å². The average Bonchev–Trinajstić information content (AvgIpc) is 3.44. The van der Waals surface area contributed by atoms with Gasteiger partial charge in [-0.25, -0.2) is 0 Å². The number of benzene rings is 6. The molecule has 3 aliphatic carbocycles. The summed E-state index contributed by atoms with van der Waals surface area (Å²) in [5.41, 5.74) is 15.6. The van der Waals surface area contributed by atoms with Gasteiger partial charge in [0.2, 0.25) is 0 Å². The van der Waals surface area contributed by atoms with Crippen LogP contribution in [0.25, 0.3) is 16.7 Å². The van der Waals surface area contributed by atoms with Gasteiger partial charge >= 0.3 is 0 Å². The van der Waals surface area contributed by atoms with E-state index in [-0.39, 0.29) is 0 Å². The maximum atomic E-state index is 9.45. The molecule has 9 rings (SSSR count). The lowest BCUT2D eigenvalue weighted by Gasteiger charge is -2.52. The van der Waals surface area contributed by atoms with Gasteiger partial charge < -0.3 is 0 Å². The van der Waals surface area contributed by atoms with Gasteiger partial charge in [0.1, 0.15) is 0 Å². The molecular formula is C46H33N. The fraction of sp³-hybridized carbons (Fsp3) is 0.109. The SMILES string of the molecule is CC1C=C2C3=C(C1)C(c1ccccc1)(c1cccc(-c4ccc(C#N)cc4)c1)c1ccccc1C3(c1ccccc1)c1ccccc12. The summed E-state index contributed by atoms with van der Waals surface area (Å²) in [6, 6.07) is 60.2. The normalized spacial score (nSPS) is 22.0. The highest BCUT2D eigenvalue weighted by atomic mass is 14.6. The van der Waals surface area contributed by atoms with Crippen LogP contribution in [-0.4, -0.2) is 0 Å². The summed E-state index contributed by atoms with van der Waals surface area (Å²) in [5.74, 6) is 0.374. The van der Waals surface area contributed by atoms with Gasteiger partial charge in [-0.3, -0.25) is 0 Å². The zero-order chi connectivity index (χ0) is 31.6. The minimum Gasteiger partial charge on any atom is -0.192 e. The number of rotatable bonds is 4. The van der Waals surface area contributed by atoms with E-state index in [0.29, 0.717) is 11.5 Å². The molecule has 0 spiro atoms. The molecule has 0 heterocycles. The van der Waals surface area contributed by atoms with E-state index in [1.165, 1.54) is 55.7 Å². The lowest BCUT2D eigenvalue weighted by atomic mass is 9.50. The zero-order valence-electron chi connectivity index (χ0n) is 26.3. The Morgan fingerprint density at radius 1 is 0.553 bits per heavy atom. The van der Waals surface area contributed by atoms with Crippen molar-refractivity contribution in [3.63, 3.8) is 0 Å². The van der Waals surface area contributed by atoms with Gasteiger partial charge in [-0.05, 0) is 97.3 Å². The van der Waals surface area contributed by atoms with Crippen molar-refractivity contribution >= 4 is 5.57 Å². The summed E-state index contributed by atoms with van der Waals surface area (Å²) < 4.78 is 0. The molecular weight excluding hydrogens is 567 g/mol. The summed E-state index contributed by atoms with van der Waals surface area (Å²) in [6.07, 6.45) is 3.50. The Balaban J connectivity index is 1.46. The Bertz CT molecular complexity index is 2280. The summed E-state index contributed by atoms with van der Waals surface area (Å²) >= 11 is 0. The topological polar surface area (TPSA) is 23.8 Å². The minimum atomic E-state index is -0.510. The van der Waals surface area contributed by atoms with E-state index < -0.39 is 10.8 Å². The highest BCUT2D eigenvalue weighted by Gasteiger charge is 2.59. The molecule has 47 heavy (non-hydrogen) atoms. The minimum absolute atomic E-state index is 0.374. The van der Waals surface area contributed by atoms with Crippen molar-refractivity contribution in [2.45, 2.75) is 24.2 Å². The van der Waals surface area contributed by atoms with Crippen LogP contribution in [0.2, 0.25) is 0 Å². The monoisotopic (exact) mass is 599 g/mol. The van der Waals surface area contributed by atoms with E-state index in [4.69, 9.17) is 0 Å². The third-order valence-electron chi connectivity index (χ3n) is 10.8. The van der Waals surface area contributed by atoms with Crippen LogP contribution in [0.5, 0.6) is 0 Å². The van der Waals surface area contributed by atoms with Crippen LogP contribution in [0.1, 0.15) is 57.9 Å². The third-order valence-corrected chi connectivity index (χ3v) is 10.8. The van der Waals surface area contributed by atoms with E-state index >= 15 is 0 Å². The lowest BCUT2D eigenvalue weighted by Crippen LogP contribution is -2.45. The van der Waals surface area contributed by atoms with Crippen molar-refractivity contribution < 1.29 is 0 Å². The van der Waals surface area contributed by atoms with Crippen LogP contribution in [0.4, 0.5) is 0 Å². The Morgan fingerprint density at radius 2 is 1.13 bits per heavy atom. The Hall–Kier alpha value is -5.71. The number of hydrogen-bond acceptors (Lipinski definition) is 1. The van der Waals surface area contributed by atoms with E-state index in [9.17, 15) is 5.26 Å². The van der Waals surface area contributed by atoms with E-state index in [1.54, 1.807) is 0 Å². The molecule has 0 radical (unpaired) electrons. The van der Waals surface area contributed by atoms with Gasteiger partial charge in [0.15, 0.2) is 0 Å². The molecule has 0 fully saturated rings. The van der Waals surface area contributed by atoms with Crippen molar-refractivity contribution in [1.29, 1.82) is 5.26 Å². The highest BCUT2D eigenvalue weighted by molar-refractivity contribution is 5.98. The Labute approximate surface area is 276 Å². The van der Waals surface area contributed by atoms with E-state index in [1.807, 2.05) is 12.1 Å². The number of allylic oxidation sites excluding steroid dienone is 4. The molecule has 6 aromatic carbocycles. The number of fused-ring (bicyclic) bond motifs is 5.